The number of hydrogen-bond acceptors (Lipinski definition) is 13. The molecule has 16 heteroatoms. The maximum atomic E-state index is 15.0. The van der Waals surface area contributed by atoms with Crippen molar-refractivity contribution >= 4 is 54.3 Å². The number of likely N-dealkylation sites (tertiary alicyclic amines) is 1. The molecular formula is C47H69FN10O4S. The molecule has 6 rings (SSSR count). The van der Waals surface area contributed by atoms with Gasteiger partial charge in [0.05, 0.1) is 6.10 Å². The standard InChI is InChI=1S/C45H62FN9O4S.C2H7N/c1-5-7-37(22-31(2)59)55(30-58)43-40(45(3)14-15-45)27-49-44(51-43)50-36-12-19-54(20-13-36)60-38-24-32(23-35(46)26-38)28-52-17-10-33(11-18-52)34-8-9-39(41(25-34)48-4)42(47)53(29-57)16-6-21-56;1-3-2/h8-9,21,23-27,29-31,33,36-37,47-48,59H,5-7,10-20,22,28H2,1-4H3,(H,49,50,51);3H,1-2H3/t31-,37?;/m1./s1. The van der Waals surface area contributed by atoms with E-state index in [-0.39, 0.29) is 42.1 Å². The molecule has 344 valence electrons. The normalized spacial score (nSPS) is 17.7. The SMILES string of the molecule is CCCC(C[C@@H](C)O)N(C=O)c1nc(NC2CCN(Sc3cc(F)cc(CN4CCC(c5ccc(C(=N)N(C=O)CCC=O)c(NC)c5)CC4)c3)CC2)ncc1C1(C)CC1.CNC. The van der Waals surface area contributed by atoms with Crippen LogP contribution in [0, 0.1) is 11.2 Å². The lowest BCUT2D eigenvalue weighted by Crippen LogP contribution is -2.39. The number of benzene rings is 2. The molecule has 63 heavy (non-hydrogen) atoms. The van der Waals surface area contributed by atoms with Gasteiger partial charge in [-0.3, -0.25) is 29.7 Å². The second-order valence-corrected chi connectivity index (χ2v) is 18.6. The van der Waals surface area contributed by atoms with E-state index < -0.39 is 6.10 Å². The molecule has 5 N–H and O–H groups in total. The minimum atomic E-state index is -0.534. The van der Waals surface area contributed by atoms with Crippen LogP contribution in [0.1, 0.15) is 113 Å². The summed E-state index contributed by atoms with van der Waals surface area (Å²) in [6.07, 6.45) is 11.5. The summed E-state index contributed by atoms with van der Waals surface area (Å²) in [6, 6.07) is 11.3. The first-order chi connectivity index (χ1) is 30.4. The van der Waals surface area contributed by atoms with E-state index in [4.69, 9.17) is 15.4 Å². The zero-order valence-electron chi connectivity index (χ0n) is 38.0. The number of aromatic nitrogens is 2. The quantitative estimate of drug-likeness (QED) is 0.0330. The van der Waals surface area contributed by atoms with Crippen molar-refractivity contribution in [3.8, 4) is 0 Å². The average Bonchev–Trinajstić information content (AvgIpc) is 4.02. The van der Waals surface area contributed by atoms with Gasteiger partial charge in [0, 0.05) is 79.6 Å². The van der Waals surface area contributed by atoms with Gasteiger partial charge in [0.15, 0.2) is 0 Å². The molecule has 3 aromatic rings. The Bertz CT molecular complexity index is 1970. The maximum Gasteiger partial charge on any atom is 0.224 e. The Balaban J connectivity index is 0.00000242. The number of amides is 2. The van der Waals surface area contributed by atoms with Gasteiger partial charge in [-0.05, 0) is 150 Å². The third-order valence-corrected chi connectivity index (χ3v) is 13.4. The van der Waals surface area contributed by atoms with Gasteiger partial charge in [-0.25, -0.2) is 13.7 Å². The van der Waals surface area contributed by atoms with Crippen molar-refractivity contribution in [1.82, 2.24) is 29.4 Å². The fourth-order valence-corrected chi connectivity index (χ4v) is 9.65. The number of hydrogen-bond donors (Lipinski definition) is 5. The fourth-order valence-electron chi connectivity index (χ4n) is 8.59. The lowest BCUT2D eigenvalue weighted by molar-refractivity contribution is -0.115. The van der Waals surface area contributed by atoms with E-state index in [1.165, 1.54) is 10.5 Å². The molecule has 1 aromatic heterocycles. The molecule has 3 fully saturated rings. The van der Waals surface area contributed by atoms with E-state index in [9.17, 15) is 19.5 Å². The molecule has 0 bridgehead atoms. The first-order valence-electron chi connectivity index (χ1n) is 22.5. The zero-order chi connectivity index (χ0) is 45.5. The smallest absolute Gasteiger partial charge is 0.224 e. The van der Waals surface area contributed by atoms with Crippen molar-refractivity contribution < 1.29 is 23.9 Å². The number of amidine groups is 1. The number of carbonyl (C=O) groups is 3. The van der Waals surface area contributed by atoms with Gasteiger partial charge in [0.2, 0.25) is 18.8 Å². The summed E-state index contributed by atoms with van der Waals surface area (Å²) in [5.41, 5.74) is 4.45. The highest BCUT2D eigenvalue weighted by Crippen LogP contribution is 2.50. The number of halogens is 1. The molecular weight excluding hydrogens is 820 g/mol. The Kier molecular flexibility index (Phi) is 18.9. The number of aliphatic hydroxyl groups is 1. The van der Waals surface area contributed by atoms with Crippen molar-refractivity contribution in [3.63, 3.8) is 0 Å². The molecule has 2 saturated heterocycles. The lowest BCUT2D eigenvalue weighted by Gasteiger charge is -2.33. The summed E-state index contributed by atoms with van der Waals surface area (Å²) >= 11 is 1.60. The van der Waals surface area contributed by atoms with Crippen LogP contribution in [0.25, 0.3) is 0 Å². The van der Waals surface area contributed by atoms with Crippen LogP contribution in [0.5, 0.6) is 0 Å². The van der Waals surface area contributed by atoms with Crippen molar-refractivity contribution in [2.24, 2.45) is 0 Å². The molecule has 1 saturated carbocycles. The zero-order valence-corrected chi connectivity index (χ0v) is 38.9. The van der Waals surface area contributed by atoms with E-state index in [0.29, 0.717) is 42.6 Å². The molecule has 3 aliphatic rings. The maximum absolute atomic E-state index is 15.0. The van der Waals surface area contributed by atoms with E-state index >= 15 is 4.39 Å². The van der Waals surface area contributed by atoms with Crippen LogP contribution >= 0.6 is 11.9 Å². The van der Waals surface area contributed by atoms with Crippen LogP contribution in [0.2, 0.25) is 0 Å². The Morgan fingerprint density at radius 2 is 1.76 bits per heavy atom. The molecule has 14 nitrogen and oxygen atoms in total. The second-order valence-electron chi connectivity index (χ2n) is 17.5. The first kappa shape index (κ1) is 49.5. The van der Waals surface area contributed by atoms with Crippen LogP contribution in [-0.4, -0.2) is 126 Å². The number of carbonyl (C=O) groups excluding carboxylic acids is 3. The highest BCUT2D eigenvalue weighted by Gasteiger charge is 2.43. The molecule has 2 aromatic carbocycles. The molecule has 0 radical (unpaired) electrons. The highest BCUT2D eigenvalue weighted by molar-refractivity contribution is 7.97. The molecule has 1 unspecified atom stereocenters. The molecule has 3 heterocycles. The monoisotopic (exact) mass is 889 g/mol. The summed E-state index contributed by atoms with van der Waals surface area (Å²) in [7, 11) is 5.55. The van der Waals surface area contributed by atoms with Crippen molar-refractivity contribution in [2.75, 3.05) is 69.4 Å². The van der Waals surface area contributed by atoms with Crippen molar-refractivity contribution in [2.45, 2.75) is 126 Å². The minimum absolute atomic E-state index is 0.0464. The van der Waals surface area contributed by atoms with Gasteiger partial charge in [0.1, 0.15) is 23.8 Å². The van der Waals surface area contributed by atoms with Crippen LogP contribution in [-0.2, 0) is 26.3 Å². The summed E-state index contributed by atoms with van der Waals surface area (Å²) in [6.45, 7) is 10.3. The predicted molar refractivity (Wildman–Crippen MR) is 251 cm³/mol. The molecule has 2 aliphatic heterocycles. The Hall–Kier alpha value is -4.48. The number of nitrogens with zero attached hydrogens (tertiary/aromatic N) is 6. The van der Waals surface area contributed by atoms with Gasteiger partial charge in [-0.2, -0.15) is 4.98 Å². The Morgan fingerprint density at radius 1 is 1.05 bits per heavy atom. The topological polar surface area (TPSA) is 170 Å². The van der Waals surface area contributed by atoms with Gasteiger partial charge in [-0.15, -0.1) is 0 Å². The van der Waals surface area contributed by atoms with Crippen LogP contribution in [0.15, 0.2) is 47.5 Å². The van der Waals surface area contributed by atoms with Gasteiger partial charge in [0.25, 0.3) is 0 Å². The van der Waals surface area contributed by atoms with Crippen LogP contribution in [0.3, 0.4) is 0 Å². The number of piperidine rings is 2. The molecule has 2 amide bonds. The first-order valence-corrected chi connectivity index (χ1v) is 23.3. The molecule has 1 aliphatic carbocycles. The molecule has 2 atom stereocenters. The van der Waals surface area contributed by atoms with Gasteiger partial charge >= 0.3 is 0 Å². The number of aliphatic hydroxyl groups excluding tert-OH is 1. The Labute approximate surface area is 377 Å². The molecule has 0 spiro atoms. The van der Waals surface area contributed by atoms with Crippen LogP contribution in [0.4, 0.5) is 21.8 Å². The summed E-state index contributed by atoms with van der Waals surface area (Å²) in [4.78, 5) is 50.9. The number of anilines is 3. The van der Waals surface area contributed by atoms with Crippen LogP contribution < -0.4 is 20.9 Å². The minimum Gasteiger partial charge on any atom is -0.393 e. The second kappa shape index (κ2) is 24.0. The Morgan fingerprint density at radius 3 is 2.37 bits per heavy atom. The van der Waals surface area contributed by atoms with E-state index in [1.807, 2.05) is 32.4 Å². The highest BCUT2D eigenvalue weighted by atomic mass is 32.2. The fraction of sp³-hybridized carbons (Fsp3) is 0.574. The summed E-state index contributed by atoms with van der Waals surface area (Å²) in [5, 5.41) is 28.3. The third kappa shape index (κ3) is 13.8. The largest absolute Gasteiger partial charge is 0.393 e. The van der Waals surface area contributed by atoms with Gasteiger partial charge in [-0.1, -0.05) is 26.3 Å². The van der Waals surface area contributed by atoms with Gasteiger partial charge < -0.3 is 25.9 Å². The van der Waals surface area contributed by atoms with E-state index in [2.05, 4.69) is 51.1 Å². The summed E-state index contributed by atoms with van der Waals surface area (Å²) < 4.78 is 17.3. The summed E-state index contributed by atoms with van der Waals surface area (Å²) in [5.74, 6) is 1.32. The van der Waals surface area contributed by atoms with E-state index in [1.54, 1.807) is 43.0 Å². The number of aldehydes is 1. The number of nitrogens with one attached hydrogen (secondary N) is 4. The predicted octanol–water partition coefficient (Wildman–Crippen LogP) is 6.78. The van der Waals surface area contributed by atoms with Crippen molar-refractivity contribution in [1.29, 1.82) is 5.41 Å². The van der Waals surface area contributed by atoms with Crippen molar-refractivity contribution in [3.05, 3.63) is 70.7 Å². The van der Waals surface area contributed by atoms with E-state index in [0.717, 1.165) is 112 Å². The lowest BCUT2D eigenvalue weighted by atomic mass is 9.88. The number of rotatable bonds is 21. The average molecular weight is 889 g/mol. The third-order valence-electron chi connectivity index (χ3n) is 12.3.